The molecule has 1 atom stereocenters. The fourth-order valence-electron chi connectivity index (χ4n) is 3.61. The maximum atomic E-state index is 9.94. The van der Waals surface area contributed by atoms with Gasteiger partial charge in [0.05, 0.1) is 5.56 Å². The Labute approximate surface area is 175 Å². The molecule has 0 aliphatic carbocycles. The van der Waals surface area contributed by atoms with E-state index in [4.69, 9.17) is 16.3 Å². The Hall–Kier alpha value is -2.83. The SMILES string of the molecule is CN(C)CCCNc1ncnc2c1[C@@H](c1ccccc1Cl)c1ccc(O)cc1O2. The van der Waals surface area contributed by atoms with E-state index in [1.165, 1.54) is 6.33 Å². The minimum Gasteiger partial charge on any atom is -0.508 e. The highest BCUT2D eigenvalue weighted by Gasteiger charge is 2.34. The summed E-state index contributed by atoms with van der Waals surface area (Å²) in [7, 11) is 4.11. The quantitative estimate of drug-likeness (QED) is 0.456. The van der Waals surface area contributed by atoms with Crippen molar-refractivity contribution >= 4 is 17.4 Å². The molecular weight excluding hydrogens is 388 g/mol. The van der Waals surface area contributed by atoms with E-state index in [1.54, 1.807) is 12.1 Å². The number of rotatable bonds is 6. The molecule has 1 aliphatic rings. The molecule has 2 N–H and O–H groups in total. The fourth-order valence-corrected chi connectivity index (χ4v) is 3.85. The standard InChI is InChI=1S/C22H23ClN4O2/c1-27(2)11-5-10-24-21-20-19(15-6-3-4-7-17(15)23)16-9-8-14(28)12-18(16)29-22(20)26-13-25-21/h3-4,6-9,12-13,19,28H,5,10-11H2,1-2H3,(H,24,25,26)/t19-/m0/s1. The van der Waals surface area contributed by atoms with E-state index < -0.39 is 0 Å². The lowest BCUT2D eigenvalue weighted by Crippen LogP contribution is -2.19. The molecule has 7 heteroatoms. The lowest BCUT2D eigenvalue weighted by molar-refractivity contribution is 0.405. The van der Waals surface area contributed by atoms with Crippen LogP contribution in [0.5, 0.6) is 17.4 Å². The number of ether oxygens (including phenoxy) is 1. The summed E-state index contributed by atoms with van der Waals surface area (Å²) < 4.78 is 6.03. The van der Waals surface area contributed by atoms with Crippen molar-refractivity contribution in [3.63, 3.8) is 0 Å². The Kier molecular flexibility index (Phi) is 5.56. The minimum absolute atomic E-state index is 0.140. The van der Waals surface area contributed by atoms with E-state index in [-0.39, 0.29) is 11.7 Å². The molecule has 6 nitrogen and oxygen atoms in total. The third kappa shape index (κ3) is 3.99. The molecule has 3 aromatic rings. The van der Waals surface area contributed by atoms with Gasteiger partial charge in [0.25, 0.3) is 0 Å². The Bertz CT molecular complexity index is 1030. The van der Waals surface area contributed by atoms with Crippen LogP contribution in [-0.2, 0) is 0 Å². The fraction of sp³-hybridized carbons (Fsp3) is 0.273. The van der Waals surface area contributed by atoms with Gasteiger partial charge in [-0.3, -0.25) is 0 Å². The second kappa shape index (κ2) is 8.27. The van der Waals surface area contributed by atoms with Gasteiger partial charge in [-0.05, 0) is 44.8 Å². The van der Waals surface area contributed by atoms with E-state index >= 15 is 0 Å². The first-order valence-electron chi connectivity index (χ1n) is 9.53. The Morgan fingerprint density at radius 1 is 1.14 bits per heavy atom. The number of phenols is 1. The molecule has 1 aliphatic heterocycles. The van der Waals surface area contributed by atoms with Crippen molar-refractivity contribution in [3.8, 4) is 17.4 Å². The van der Waals surface area contributed by atoms with Crippen LogP contribution >= 0.6 is 11.6 Å². The van der Waals surface area contributed by atoms with Gasteiger partial charge in [-0.2, -0.15) is 0 Å². The van der Waals surface area contributed by atoms with Crippen LogP contribution in [0.25, 0.3) is 0 Å². The van der Waals surface area contributed by atoms with Crippen LogP contribution in [0.15, 0.2) is 48.8 Å². The number of aromatic nitrogens is 2. The molecule has 0 saturated carbocycles. The van der Waals surface area contributed by atoms with Crippen molar-refractivity contribution in [2.24, 2.45) is 0 Å². The predicted octanol–water partition coefficient (Wildman–Crippen LogP) is 4.49. The number of aromatic hydroxyl groups is 1. The van der Waals surface area contributed by atoms with Gasteiger partial charge >= 0.3 is 0 Å². The summed E-state index contributed by atoms with van der Waals surface area (Å²) in [5, 5.41) is 14.0. The van der Waals surface area contributed by atoms with Crippen LogP contribution in [0.3, 0.4) is 0 Å². The van der Waals surface area contributed by atoms with Gasteiger partial charge in [-0.1, -0.05) is 35.9 Å². The first-order chi connectivity index (χ1) is 14.0. The number of hydrogen-bond donors (Lipinski definition) is 2. The summed E-state index contributed by atoms with van der Waals surface area (Å²) in [6, 6.07) is 12.9. The molecule has 0 radical (unpaired) electrons. The lowest BCUT2D eigenvalue weighted by Gasteiger charge is -2.29. The van der Waals surface area contributed by atoms with Gasteiger partial charge in [-0.25, -0.2) is 9.97 Å². The second-order valence-electron chi connectivity index (χ2n) is 7.30. The van der Waals surface area contributed by atoms with Crippen LogP contribution in [0.1, 0.15) is 29.0 Å². The molecule has 0 fully saturated rings. The molecule has 2 heterocycles. The van der Waals surface area contributed by atoms with Crippen molar-refractivity contribution < 1.29 is 9.84 Å². The number of anilines is 1. The molecule has 2 aromatic carbocycles. The third-order valence-corrected chi connectivity index (χ3v) is 5.29. The van der Waals surface area contributed by atoms with Crippen molar-refractivity contribution in [3.05, 3.63) is 70.5 Å². The van der Waals surface area contributed by atoms with Gasteiger partial charge in [0, 0.05) is 29.1 Å². The molecule has 0 amide bonds. The second-order valence-corrected chi connectivity index (χ2v) is 7.71. The smallest absolute Gasteiger partial charge is 0.228 e. The number of fused-ring (bicyclic) bond motifs is 2. The number of benzene rings is 2. The average Bonchev–Trinajstić information content (AvgIpc) is 2.70. The van der Waals surface area contributed by atoms with E-state index in [0.29, 0.717) is 16.7 Å². The largest absolute Gasteiger partial charge is 0.508 e. The summed E-state index contributed by atoms with van der Waals surface area (Å²) in [5.41, 5.74) is 2.70. The van der Waals surface area contributed by atoms with Gasteiger partial charge in [0.15, 0.2) is 0 Å². The van der Waals surface area contributed by atoms with Crippen LogP contribution in [-0.4, -0.2) is 47.2 Å². The number of nitrogens with one attached hydrogen (secondary N) is 1. The zero-order valence-electron chi connectivity index (χ0n) is 16.4. The first kappa shape index (κ1) is 19.5. The molecule has 1 aromatic heterocycles. The molecule has 0 bridgehead atoms. The number of phenolic OH excluding ortho intramolecular Hbond substituents is 1. The van der Waals surface area contributed by atoms with E-state index in [2.05, 4.69) is 34.3 Å². The zero-order chi connectivity index (χ0) is 20.4. The summed E-state index contributed by atoms with van der Waals surface area (Å²) in [4.78, 5) is 11.0. The van der Waals surface area contributed by atoms with Crippen molar-refractivity contribution in [2.45, 2.75) is 12.3 Å². The highest BCUT2D eigenvalue weighted by molar-refractivity contribution is 6.31. The van der Waals surface area contributed by atoms with Gasteiger partial charge < -0.3 is 20.1 Å². The van der Waals surface area contributed by atoms with Gasteiger partial charge in [-0.15, -0.1) is 0 Å². The summed E-state index contributed by atoms with van der Waals surface area (Å²) in [6.45, 7) is 1.76. The summed E-state index contributed by atoms with van der Waals surface area (Å²) >= 11 is 6.58. The van der Waals surface area contributed by atoms with Gasteiger partial charge in [0.2, 0.25) is 5.88 Å². The molecule has 0 unspecified atom stereocenters. The molecule has 150 valence electrons. The topological polar surface area (TPSA) is 70.5 Å². The molecular formula is C22H23ClN4O2. The van der Waals surface area contributed by atoms with Crippen LogP contribution in [0, 0.1) is 0 Å². The Morgan fingerprint density at radius 3 is 2.76 bits per heavy atom. The highest BCUT2D eigenvalue weighted by Crippen LogP contribution is 2.50. The zero-order valence-corrected chi connectivity index (χ0v) is 17.1. The summed E-state index contributed by atoms with van der Waals surface area (Å²) in [6.07, 6.45) is 2.47. The molecule has 4 rings (SSSR count). The Morgan fingerprint density at radius 2 is 1.97 bits per heavy atom. The Balaban J connectivity index is 1.79. The third-order valence-electron chi connectivity index (χ3n) is 4.94. The number of hydrogen-bond acceptors (Lipinski definition) is 6. The normalized spacial score (nSPS) is 14.8. The lowest BCUT2D eigenvalue weighted by atomic mass is 9.83. The van der Waals surface area contributed by atoms with Crippen molar-refractivity contribution in [1.29, 1.82) is 0 Å². The minimum atomic E-state index is -0.208. The van der Waals surface area contributed by atoms with Crippen molar-refractivity contribution in [2.75, 3.05) is 32.5 Å². The maximum Gasteiger partial charge on any atom is 0.228 e. The first-order valence-corrected chi connectivity index (χ1v) is 9.91. The summed E-state index contributed by atoms with van der Waals surface area (Å²) in [5.74, 6) is 1.71. The van der Waals surface area contributed by atoms with Crippen molar-refractivity contribution in [1.82, 2.24) is 14.9 Å². The predicted molar refractivity (Wildman–Crippen MR) is 114 cm³/mol. The van der Waals surface area contributed by atoms with Crippen LogP contribution in [0.4, 0.5) is 5.82 Å². The maximum absolute atomic E-state index is 9.94. The van der Waals surface area contributed by atoms with E-state index in [0.717, 1.165) is 42.0 Å². The number of nitrogens with zero attached hydrogens (tertiary/aromatic N) is 3. The van der Waals surface area contributed by atoms with Crippen LogP contribution in [0.2, 0.25) is 5.02 Å². The van der Waals surface area contributed by atoms with E-state index in [9.17, 15) is 5.11 Å². The molecule has 0 saturated heterocycles. The van der Waals surface area contributed by atoms with Gasteiger partial charge in [0.1, 0.15) is 23.6 Å². The monoisotopic (exact) mass is 410 g/mol. The molecule has 0 spiro atoms. The van der Waals surface area contributed by atoms with Crippen LogP contribution < -0.4 is 10.1 Å². The molecule has 29 heavy (non-hydrogen) atoms. The van der Waals surface area contributed by atoms with E-state index in [1.807, 2.05) is 30.3 Å². The highest BCUT2D eigenvalue weighted by atomic mass is 35.5. The number of halogens is 1. The average molecular weight is 411 g/mol.